The topological polar surface area (TPSA) is 23.6 Å². The van der Waals surface area contributed by atoms with Crippen LogP contribution in [0.3, 0.4) is 0 Å². The first-order valence-corrected chi connectivity index (χ1v) is 4.28. The van der Waals surface area contributed by atoms with Crippen LogP contribution < -0.4 is 0 Å². The number of hydrogen-bond donors (Lipinski definition) is 1. The quantitative estimate of drug-likeness (QED) is 0.547. The molecule has 3 nitrogen and oxygen atoms in total. The van der Waals surface area contributed by atoms with Crippen LogP contribution >= 0.6 is 12.8 Å². The van der Waals surface area contributed by atoms with E-state index >= 15 is 0 Å². The lowest BCUT2D eigenvalue weighted by Crippen LogP contribution is -2.44. The lowest BCUT2D eigenvalue weighted by Gasteiger charge is -2.27. The predicted molar refractivity (Wildman–Crippen MR) is 49.5 cm³/mol. The minimum absolute atomic E-state index is 0.0899. The molecule has 0 aromatic rings. The van der Waals surface area contributed by atoms with E-state index in [1.807, 2.05) is 25.8 Å². The molecule has 1 rings (SSSR count). The Hall–Kier alpha value is -0.220. The van der Waals surface area contributed by atoms with Crippen LogP contribution in [0.2, 0.25) is 0 Å². The molecule has 1 aliphatic heterocycles. The van der Waals surface area contributed by atoms with Crippen LogP contribution in [0.1, 0.15) is 13.8 Å². The zero-order chi connectivity index (χ0) is 8.85. The first-order chi connectivity index (χ1) is 5.20. The number of carbonyl (C=O) groups excluding carboxylic acids is 1. The highest BCUT2D eigenvalue weighted by molar-refractivity contribution is 7.78. The van der Waals surface area contributed by atoms with E-state index in [2.05, 4.69) is 12.8 Å². The van der Waals surface area contributed by atoms with E-state index in [4.69, 9.17) is 0 Å². The maximum absolute atomic E-state index is 10.8. The Morgan fingerprint density at radius 2 is 1.91 bits per heavy atom. The second kappa shape index (κ2) is 5.43. The highest BCUT2D eigenvalue weighted by Crippen LogP contribution is 2.01. The van der Waals surface area contributed by atoms with E-state index in [1.165, 1.54) is 4.31 Å². The molecule has 11 heavy (non-hydrogen) atoms. The summed E-state index contributed by atoms with van der Waals surface area (Å²) in [6, 6.07) is 0. The van der Waals surface area contributed by atoms with Gasteiger partial charge in [-0.3, -0.25) is 14.0 Å². The molecule has 0 atom stereocenters. The van der Waals surface area contributed by atoms with Crippen molar-refractivity contribution in [1.82, 2.24) is 9.21 Å². The maximum Gasteiger partial charge on any atom is 0.246 e. The van der Waals surface area contributed by atoms with E-state index in [1.54, 1.807) is 0 Å². The van der Waals surface area contributed by atoms with Gasteiger partial charge in [-0.15, -0.1) is 0 Å². The fourth-order valence-electron chi connectivity index (χ4n) is 0.782. The first-order valence-electron chi connectivity index (χ1n) is 3.88. The summed E-state index contributed by atoms with van der Waals surface area (Å²) in [7, 11) is 1.93. The fourth-order valence-corrected chi connectivity index (χ4v) is 0.934. The van der Waals surface area contributed by atoms with Crippen LogP contribution in [0.5, 0.6) is 0 Å². The molecule has 0 unspecified atom stereocenters. The molecule has 1 fully saturated rings. The van der Waals surface area contributed by atoms with Gasteiger partial charge < -0.3 is 0 Å². The fraction of sp³-hybridized carbons (Fsp3) is 0.857. The van der Waals surface area contributed by atoms with Gasteiger partial charge in [-0.25, -0.2) is 0 Å². The molecule has 0 N–H and O–H groups in total. The summed E-state index contributed by atoms with van der Waals surface area (Å²) in [5.74, 6) is 0.0899. The number of thiol groups is 1. The smallest absolute Gasteiger partial charge is 0.246 e. The lowest BCUT2D eigenvalue weighted by molar-refractivity contribution is -0.129. The van der Waals surface area contributed by atoms with Gasteiger partial charge in [0.1, 0.15) is 0 Å². The minimum atomic E-state index is 0.0899. The standard InChI is InChI=1S/C5H10N2OS.C2H6/c1-6-2-3-7(9)5(8)4-6;1-2/h9H,2-4H2,1H3;1-2H3. The second-order valence-electron chi connectivity index (χ2n) is 2.25. The molecule has 4 heteroatoms. The molecule has 0 saturated carbocycles. The molecule has 1 heterocycles. The number of piperazine rings is 1. The van der Waals surface area contributed by atoms with E-state index in [0.29, 0.717) is 6.54 Å². The van der Waals surface area contributed by atoms with Crippen LogP contribution in [0.25, 0.3) is 0 Å². The summed E-state index contributed by atoms with van der Waals surface area (Å²) in [4.78, 5) is 12.8. The molecule has 1 saturated heterocycles. The van der Waals surface area contributed by atoms with E-state index < -0.39 is 0 Å². The van der Waals surface area contributed by atoms with Crippen molar-refractivity contribution in [1.29, 1.82) is 0 Å². The molecule has 66 valence electrons. The van der Waals surface area contributed by atoms with Gasteiger partial charge in [-0.05, 0) is 7.05 Å². The third-order valence-corrected chi connectivity index (χ3v) is 1.81. The summed E-state index contributed by atoms with van der Waals surface area (Å²) >= 11 is 3.95. The zero-order valence-corrected chi connectivity index (χ0v) is 8.27. The van der Waals surface area contributed by atoms with Gasteiger partial charge >= 0.3 is 0 Å². The van der Waals surface area contributed by atoms with Crippen molar-refractivity contribution in [2.75, 3.05) is 26.7 Å². The minimum Gasteiger partial charge on any atom is -0.296 e. The van der Waals surface area contributed by atoms with Crippen molar-refractivity contribution in [2.24, 2.45) is 0 Å². The van der Waals surface area contributed by atoms with Gasteiger partial charge in [-0.2, -0.15) is 0 Å². The molecule has 1 amide bonds. The Balaban J connectivity index is 0.000000461. The number of rotatable bonds is 0. The van der Waals surface area contributed by atoms with Crippen molar-refractivity contribution < 1.29 is 4.79 Å². The maximum atomic E-state index is 10.8. The molecular weight excluding hydrogens is 160 g/mol. The van der Waals surface area contributed by atoms with Crippen molar-refractivity contribution in [2.45, 2.75) is 13.8 Å². The van der Waals surface area contributed by atoms with Gasteiger partial charge in [0.05, 0.1) is 6.54 Å². The first kappa shape index (κ1) is 10.8. The third-order valence-electron chi connectivity index (χ3n) is 1.39. The Morgan fingerprint density at radius 3 is 2.27 bits per heavy atom. The van der Waals surface area contributed by atoms with E-state index in [-0.39, 0.29) is 5.91 Å². The van der Waals surface area contributed by atoms with Crippen LogP contribution in [0, 0.1) is 0 Å². The van der Waals surface area contributed by atoms with Crippen LogP contribution in [0.4, 0.5) is 0 Å². The molecule has 0 aliphatic carbocycles. The van der Waals surface area contributed by atoms with Crippen molar-refractivity contribution in [3.8, 4) is 0 Å². The van der Waals surface area contributed by atoms with Gasteiger partial charge in [0.25, 0.3) is 0 Å². The molecule has 1 aliphatic rings. The Morgan fingerprint density at radius 1 is 1.36 bits per heavy atom. The Labute approximate surface area is 73.9 Å². The highest BCUT2D eigenvalue weighted by atomic mass is 32.1. The summed E-state index contributed by atoms with van der Waals surface area (Å²) < 4.78 is 1.46. The summed E-state index contributed by atoms with van der Waals surface area (Å²) in [6.45, 7) is 6.16. The predicted octanol–water partition coefficient (Wildman–Crippen LogP) is 0.631. The SMILES string of the molecule is CC.CN1CCN(S)C(=O)C1. The van der Waals surface area contributed by atoms with Gasteiger partial charge in [0.15, 0.2) is 0 Å². The molecule has 0 radical (unpaired) electrons. The average molecular weight is 176 g/mol. The van der Waals surface area contributed by atoms with Crippen molar-refractivity contribution >= 4 is 18.7 Å². The molecule has 0 aromatic heterocycles. The lowest BCUT2D eigenvalue weighted by atomic mass is 10.4. The zero-order valence-electron chi connectivity index (χ0n) is 7.37. The van der Waals surface area contributed by atoms with Crippen LogP contribution in [0.15, 0.2) is 0 Å². The van der Waals surface area contributed by atoms with Crippen molar-refractivity contribution in [3.63, 3.8) is 0 Å². The second-order valence-corrected chi connectivity index (χ2v) is 2.74. The molecule has 0 aromatic carbocycles. The average Bonchev–Trinajstić information content (AvgIpc) is 2.02. The van der Waals surface area contributed by atoms with Gasteiger partial charge in [-0.1, -0.05) is 26.7 Å². The Kier molecular flexibility index (Phi) is 5.32. The summed E-state index contributed by atoms with van der Waals surface area (Å²) in [5, 5.41) is 0. The Bertz CT molecular complexity index is 130. The molecule has 0 spiro atoms. The number of nitrogens with zero attached hydrogens (tertiary/aromatic N) is 2. The largest absolute Gasteiger partial charge is 0.296 e. The summed E-state index contributed by atoms with van der Waals surface area (Å²) in [5.41, 5.74) is 0. The molecular formula is C7H16N2OS. The van der Waals surface area contributed by atoms with Crippen LogP contribution in [-0.4, -0.2) is 41.8 Å². The number of carbonyl (C=O) groups is 1. The molecule has 0 bridgehead atoms. The number of hydrogen-bond acceptors (Lipinski definition) is 3. The van der Waals surface area contributed by atoms with Gasteiger partial charge in [0, 0.05) is 13.1 Å². The van der Waals surface area contributed by atoms with Crippen LogP contribution in [-0.2, 0) is 4.79 Å². The number of likely N-dealkylation sites (N-methyl/N-ethyl adjacent to an activating group) is 1. The monoisotopic (exact) mass is 176 g/mol. The summed E-state index contributed by atoms with van der Waals surface area (Å²) in [6.07, 6.45) is 0. The number of amides is 1. The highest BCUT2D eigenvalue weighted by Gasteiger charge is 2.17. The third kappa shape index (κ3) is 3.62. The van der Waals surface area contributed by atoms with Gasteiger partial charge in [0.2, 0.25) is 5.91 Å². The van der Waals surface area contributed by atoms with Crippen molar-refractivity contribution in [3.05, 3.63) is 0 Å². The normalized spacial score (nSPS) is 19.3. The van der Waals surface area contributed by atoms with E-state index in [0.717, 1.165) is 13.1 Å². The van der Waals surface area contributed by atoms with E-state index in [9.17, 15) is 4.79 Å².